The van der Waals surface area contributed by atoms with Crippen molar-refractivity contribution in [3.63, 3.8) is 0 Å². The van der Waals surface area contributed by atoms with Crippen LogP contribution in [0.15, 0.2) is 53.6 Å². The highest BCUT2D eigenvalue weighted by Gasteiger charge is 2.47. The van der Waals surface area contributed by atoms with Gasteiger partial charge in [0.1, 0.15) is 16.2 Å². The molecule has 1 saturated carbocycles. The van der Waals surface area contributed by atoms with Crippen LogP contribution in [0.1, 0.15) is 72.8 Å². The fraction of sp³-hybridized carbons (Fsp3) is 0.455. The molecule has 2 aromatic carbocycles. The Hall–Kier alpha value is -3.83. The van der Waals surface area contributed by atoms with Crippen molar-refractivity contribution in [1.29, 1.82) is 0 Å². The van der Waals surface area contributed by atoms with Crippen molar-refractivity contribution in [3.05, 3.63) is 76.5 Å². The van der Waals surface area contributed by atoms with E-state index in [4.69, 9.17) is 0 Å². The third-order valence-electron chi connectivity index (χ3n) is 9.88. The number of rotatable bonds is 8. The van der Waals surface area contributed by atoms with Crippen molar-refractivity contribution >= 4 is 32.8 Å². The highest BCUT2D eigenvalue weighted by molar-refractivity contribution is 7.89. The molecule has 0 bridgehead atoms. The van der Waals surface area contributed by atoms with Gasteiger partial charge in [-0.15, -0.1) is 5.10 Å². The second kappa shape index (κ2) is 10.7. The molecular weight excluding hydrogens is 576 g/mol. The summed E-state index contributed by atoms with van der Waals surface area (Å²) in [6, 6.07) is 13.3. The highest BCUT2D eigenvalue weighted by Crippen LogP contribution is 2.42. The van der Waals surface area contributed by atoms with Crippen molar-refractivity contribution in [2.24, 2.45) is 5.92 Å². The molecule has 3 aliphatic rings. The Labute approximate surface area is 257 Å². The van der Waals surface area contributed by atoms with E-state index in [0.717, 1.165) is 64.8 Å². The molecular formula is C33H38N6O4S. The number of hydrogen-bond donors (Lipinski definition) is 1. The minimum atomic E-state index is -3.83. The van der Waals surface area contributed by atoms with E-state index in [-0.39, 0.29) is 23.4 Å². The molecule has 7 rings (SSSR count). The Bertz CT molecular complexity index is 1880. The van der Waals surface area contributed by atoms with Gasteiger partial charge in [0.05, 0.1) is 17.5 Å². The fourth-order valence-electron chi connectivity index (χ4n) is 7.17. The average molecular weight is 615 g/mol. The number of nitrogens with zero attached hydrogens (tertiary/aromatic N) is 6. The first-order valence-corrected chi connectivity index (χ1v) is 16.9. The van der Waals surface area contributed by atoms with E-state index in [2.05, 4.69) is 27.1 Å². The Balaban J connectivity index is 1.26. The van der Waals surface area contributed by atoms with Gasteiger partial charge < -0.3 is 10.0 Å². The summed E-state index contributed by atoms with van der Waals surface area (Å²) in [6.07, 6.45) is 5.85. The number of carboxylic acids is 1. The molecule has 1 saturated heterocycles. The van der Waals surface area contributed by atoms with Gasteiger partial charge in [-0.2, -0.15) is 4.31 Å². The Morgan fingerprint density at radius 2 is 1.98 bits per heavy atom. The van der Waals surface area contributed by atoms with Crippen molar-refractivity contribution in [3.8, 4) is 0 Å². The Morgan fingerprint density at radius 1 is 1.16 bits per heavy atom. The van der Waals surface area contributed by atoms with Crippen LogP contribution >= 0.6 is 0 Å². The number of carboxylic acid groups (broad SMARTS) is 1. The highest BCUT2D eigenvalue weighted by atomic mass is 32.2. The maximum absolute atomic E-state index is 14.1. The van der Waals surface area contributed by atoms with Gasteiger partial charge in [0, 0.05) is 38.3 Å². The summed E-state index contributed by atoms with van der Waals surface area (Å²) >= 11 is 0. The van der Waals surface area contributed by atoms with E-state index in [9.17, 15) is 18.3 Å². The number of aromatic nitrogens is 4. The number of carbonyl (C=O) groups is 1. The molecule has 44 heavy (non-hydrogen) atoms. The van der Waals surface area contributed by atoms with Gasteiger partial charge in [-0.05, 0) is 98.4 Å². The van der Waals surface area contributed by atoms with Crippen LogP contribution in [0.3, 0.4) is 0 Å². The lowest BCUT2D eigenvalue weighted by Crippen LogP contribution is -2.49. The third-order valence-corrected chi connectivity index (χ3v) is 11.7. The van der Waals surface area contributed by atoms with Crippen LogP contribution in [0.2, 0.25) is 0 Å². The predicted molar refractivity (Wildman–Crippen MR) is 167 cm³/mol. The summed E-state index contributed by atoms with van der Waals surface area (Å²) in [6.45, 7) is 8.25. The summed E-state index contributed by atoms with van der Waals surface area (Å²) in [5, 5.41) is 18.9. The maximum atomic E-state index is 14.1. The molecule has 2 atom stereocenters. The van der Waals surface area contributed by atoms with E-state index < -0.39 is 21.9 Å². The number of hydrogen-bond acceptors (Lipinski definition) is 7. The number of benzene rings is 2. The second-order valence-electron chi connectivity index (χ2n) is 13.0. The topological polar surface area (TPSA) is 122 Å². The number of pyridine rings is 1. The first kappa shape index (κ1) is 28.9. The van der Waals surface area contributed by atoms with Crippen LogP contribution in [-0.4, -0.2) is 62.4 Å². The summed E-state index contributed by atoms with van der Waals surface area (Å²) in [5.41, 5.74) is 5.86. The van der Waals surface area contributed by atoms with E-state index in [0.29, 0.717) is 18.3 Å². The zero-order valence-corrected chi connectivity index (χ0v) is 26.2. The molecule has 4 aromatic rings. The van der Waals surface area contributed by atoms with Crippen molar-refractivity contribution in [1.82, 2.24) is 24.3 Å². The lowest BCUT2D eigenvalue weighted by Gasteiger charge is -2.36. The molecule has 4 heterocycles. The van der Waals surface area contributed by atoms with Gasteiger partial charge in [-0.25, -0.2) is 18.1 Å². The summed E-state index contributed by atoms with van der Waals surface area (Å²) in [4.78, 5) is 19.1. The van der Waals surface area contributed by atoms with Gasteiger partial charge in [0.25, 0.3) is 0 Å². The lowest BCUT2D eigenvalue weighted by atomic mass is 9.84. The first-order valence-electron chi connectivity index (χ1n) is 15.4. The zero-order chi connectivity index (χ0) is 30.8. The van der Waals surface area contributed by atoms with Crippen molar-refractivity contribution < 1.29 is 18.3 Å². The van der Waals surface area contributed by atoms with E-state index in [1.165, 1.54) is 12.8 Å². The summed E-state index contributed by atoms with van der Waals surface area (Å²) in [5.74, 6) is -0.148. The van der Waals surface area contributed by atoms with Crippen LogP contribution < -0.4 is 4.90 Å². The normalized spacial score (nSPS) is 22.0. The van der Waals surface area contributed by atoms with Crippen LogP contribution in [-0.2, 0) is 27.9 Å². The Morgan fingerprint density at radius 3 is 2.75 bits per heavy atom. The summed E-state index contributed by atoms with van der Waals surface area (Å²) < 4.78 is 31.8. The molecule has 0 spiro atoms. The standard InChI is InChI=1S/C33H38N6O4S/c1-21-7-10-24(27(17-30(40)41)26-11-12-28-31(22(26)2)35-36-39(28)18-23-8-9-23)16-25(21)19-37-20-33(3)13-5-15-38(33)32-29(44(37,42)43)6-4-14-34-32/h4,6-7,10-12,14,16,23,27H,5,8-9,13,15,17-20H2,1-3H3,(H,40,41)/t27-,33-/m0/s1. The van der Waals surface area contributed by atoms with Crippen molar-refractivity contribution in [2.75, 3.05) is 18.0 Å². The van der Waals surface area contributed by atoms with E-state index in [1.54, 1.807) is 22.6 Å². The van der Waals surface area contributed by atoms with Crippen LogP contribution in [0.4, 0.5) is 5.82 Å². The van der Waals surface area contributed by atoms with E-state index >= 15 is 0 Å². The van der Waals surface area contributed by atoms with Crippen LogP contribution in [0.25, 0.3) is 11.0 Å². The molecule has 230 valence electrons. The number of sulfonamides is 1. The lowest BCUT2D eigenvalue weighted by molar-refractivity contribution is -0.137. The average Bonchev–Trinajstić information content (AvgIpc) is 3.60. The number of anilines is 1. The molecule has 11 heteroatoms. The van der Waals surface area contributed by atoms with Gasteiger partial charge in [-0.1, -0.05) is 29.5 Å². The van der Waals surface area contributed by atoms with Gasteiger partial charge in [0.2, 0.25) is 10.0 Å². The monoisotopic (exact) mass is 614 g/mol. The van der Waals surface area contributed by atoms with Gasteiger partial charge in [0.15, 0.2) is 0 Å². The van der Waals surface area contributed by atoms with Crippen molar-refractivity contribution in [2.45, 2.75) is 82.3 Å². The van der Waals surface area contributed by atoms with E-state index in [1.807, 2.05) is 48.9 Å². The minimum Gasteiger partial charge on any atom is -0.481 e. The number of fused-ring (bicyclic) bond motifs is 4. The molecule has 0 unspecified atom stereocenters. The molecule has 10 nitrogen and oxygen atoms in total. The smallest absolute Gasteiger partial charge is 0.304 e. The zero-order valence-electron chi connectivity index (χ0n) is 25.4. The molecule has 1 N–H and O–H groups in total. The fourth-order valence-corrected chi connectivity index (χ4v) is 8.85. The van der Waals surface area contributed by atoms with Crippen LogP contribution in [0, 0.1) is 19.8 Å². The maximum Gasteiger partial charge on any atom is 0.304 e. The third kappa shape index (κ3) is 4.95. The quantitative estimate of drug-likeness (QED) is 0.294. The summed E-state index contributed by atoms with van der Waals surface area (Å²) in [7, 11) is -3.83. The Kier molecular flexibility index (Phi) is 7.00. The van der Waals surface area contributed by atoms with Gasteiger partial charge in [-0.3, -0.25) is 4.79 Å². The largest absolute Gasteiger partial charge is 0.481 e. The van der Waals surface area contributed by atoms with Crippen LogP contribution in [0.5, 0.6) is 0 Å². The molecule has 2 aromatic heterocycles. The molecule has 0 amide bonds. The molecule has 0 radical (unpaired) electrons. The van der Waals surface area contributed by atoms with Gasteiger partial charge >= 0.3 is 5.97 Å². The SMILES string of the molecule is Cc1ccc([C@H](CC(=O)O)c2ccc3c(nnn3CC3CC3)c2C)cc1CN1C[C@]2(C)CCCN2c2ncccc2S1(=O)=O. The number of aryl methyl sites for hydroxylation is 2. The first-order chi connectivity index (χ1) is 21.0. The molecule has 2 fully saturated rings. The second-order valence-corrected chi connectivity index (χ2v) is 15.0. The number of aliphatic carboxylic acids is 1. The molecule has 1 aliphatic carbocycles. The minimum absolute atomic E-state index is 0.0981. The molecule has 2 aliphatic heterocycles. The predicted octanol–water partition coefficient (Wildman–Crippen LogP) is 5.02.